The Labute approximate surface area is 60.1 Å². The molecule has 0 fully saturated rings. The minimum Gasteiger partial charge on any atom is -0.229 e. The van der Waals surface area contributed by atoms with Gasteiger partial charge in [0.1, 0.15) is 9.84 Å². The van der Waals surface area contributed by atoms with Crippen molar-refractivity contribution in [2.24, 2.45) is 0 Å². The molecule has 0 aliphatic heterocycles. The molecule has 0 heterocycles. The van der Waals surface area contributed by atoms with E-state index in [9.17, 15) is 8.42 Å². The molecule has 0 aliphatic rings. The average Bonchev–Trinajstić information content (AvgIpc) is 0.722. The first-order valence-electron chi connectivity index (χ1n) is 1.15. The third kappa shape index (κ3) is 85.6. The van der Waals surface area contributed by atoms with Crippen LogP contribution in [-0.2, 0) is 9.84 Å². The second-order valence-electron chi connectivity index (χ2n) is 1.14. The van der Waals surface area contributed by atoms with Gasteiger partial charge in [-0.3, -0.25) is 0 Å². The van der Waals surface area contributed by atoms with Crippen LogP contribution in [0.3, 0.4) is 0 Å². The molecule has 2 nitrogen and oxygen atoms in total. The Hall–Kier alpha value is 0.950. The average molecular weight is 117 g/mol. The maximum atomic E-state index is 9.63. The zero-order chi connectivity index (χ0) is 4.50. The predicted octanol–water partition coefficient (Wildman–Crippen LogP) is -0.720. The molecule has 0 saturated heterocycles. The first-order valence-corrected chi connectivity index (χ1v) is 3.45. The van der Waals surface area contributed by atoms with Gasteiger partial charge in [-0.1, -0.05) is 0 Å². The zero-order valence-electron chi connectivity index (χ0n) is 4.22. The number of sulfone groups is 1. The third-order valence-corrected chi connectivity index (χ3v) is 0. The van der Waals surface area contributed by atoms with Crippen molar-refractivity contribution in [1.29, 1.82) is 0 Å². The second-order valence-corrected chi connectivity index (χ2v) is 3.43. The van der Waals surface area contributed by atoms with Crippen molar-refractivity contribution in [1.82, 2.24) is 0 Å². The quantitative estimate of drug-likeness (QED) is 0.392. The maximum absolute atomic E-state index is 9.63. The van der Waals surface area contributed by atoms with Gasteiger partial charge in [-0.25, -0.2) is 8.42 Å². The Kier molecular flexibility index (Phi) is 5.05. The summed E-state index contributed by atoms with van der Waals surface area (Å²) in [7, 11) is -2.67. The molecule has 1 radical (unpaired) electrons. The van der Waals surface area contributed by atoms with Crippen LogP contribution >= 0.6 is 0 Å². The van der Waals surface area contributed by atoms with Gasteiger partial charge >= 0.3 is 0 Å². The van der Waals surface area contributed by atoms with Gasteiger partial charge in [0.15, 0.2) is 0 Å². The third-order valence-electron chi connectivity index (χ3n) is 0. The molecule has 0 aliphatic carbocycles. The van der Waals surface area contributed by atoms with E-state index in [0.717, 1.165) is 12.5 Å². The van der Waals surface area contributed by atoms with E-state index in [-0.39, 0.29) is 29.6 Å². The van der Waals surface area contributed by atoms with Gasteiger partial charge in [0.05, 0.1) is 0 Å². The summed E-state index contributed by atoms with van der Waals surface area (Å²) in [4.78, 5) is 0. The number of hydrogen-bond acceptors (Lipinski definition) is 2. The van der Waals surface area contributed by atoms with Crippen molar-refractivity contribution in [3.05, 3.63) is 0 Å². The van der Waals surface area contributed by atoms with Gasteiger partial charge < -0.3 is 0 Å². The Morgan fingerprint density at radius 2 is 1.17 bits per heavy atom. The summed E-state index contributed by atoms with van der Waals surface area (Å²) in [6.45, 7) is 0. The van der Waals surface area contributed by atoms with Gasteiger partial charge in [0, 0.05) is 42.1 Å². The fraction of sp³-hybridized carbons (Fsp3) is 1.00. The van der Waals surface area contributed by atoms with E-state index in [1.165, 1.54) is 0 Å². The van der Waals surface area contributed by atoms with Gasteiger partial charge in [-0.05, 0) is 0 Å². The number of rotatable bonds is 0. The Balaban J connectivity index is 0. The van der Waals surface area contributed by atoms with Crippen LogP contribution in [0.15, 0.2) is 0 Å². The molecule has 0 aromatic carbocycles. The Bertz CT molecular complexity index is 94.7. The van der Waals surface area contributed by atoms with E-state index in [2.05, 4.69) is 0 Å². The summed E-state index contributed by atoms with van der Waals surface area (Å²) >= 11 is 0. The van der Waals surface area contributed by atoms with Crippen molar-refractivity contribution >= 4 is 39.4 Å². The largest absolute Gasteiger partial charge is 0.229 e. The molecule has 0 aromatic rings. The molecule has 0 amide bonds. The standard InChI is InChI=1S/C2H6O2S.Na/c1-5(2,3)4;/h1-2H3;. The molecule has 33 valence electrons. The van der Waals surface area contributed by atoms with E-state index >= 15 is 0 Å². The molecular weight excluding hydrogens is 111 g/mol. The molecule has 0 bridgehead atoms. The van der Waals surface area contributed by atoms with Crippen LogP contribution in [0.1, 0.15) is 0 Å². The summed E-state index contributed by atoms with van der Waals surface area (Å²) in [6.07, 6.45) is 2.32. The van der Waals surface area contributed by atoms with Crippen LogP contribution < -0.4 is 0 Å². The van der Waals surface area contributed by atoms with E-state index in [1.807, 2.05) is 0 Å². The minimum atomic E-state index is -2.67. The van der Waals surface area contributed by atoms with E-state index < -0.39 is 9.84 Å². The van der Waals surface area contributed by atoms with E-state index in [0.29, 0.717) is 0 Å². The first-order chi connectivity index (χ1) is 2.00. The smallest absolute Gasteiger partial charge is 0.144 e. The summed E-state index contributed by atoms with van der Waals surface area (Å²) in [5.74, 6) is 0. The maximum Gasteiger partial charge on any atom is 0.144 e. The fourth-order valence-electron chi connectivity index (χ4n) is 0. The first kappa shape index (κ1) is 10.0. The van der Waals surface area contributed by atoms with Crippen molar-refractivity contribution in [3.63, 3.8) is 0 Å². The van der Waals surface area contributed by atoms with Crippen LogP contribution in [0, 0.1) is 0 Å². The molecular formula is C2H6NaO2S. The summed E-state index contributed by atoms with van der Waals surface area (Å²) in [6, 6.07) is 0. The molecule has 0 aromatic heterocycles. The molecule has 0 saturated carbocycles. The number of hydrogen-bond donors (Lipinski definition) is 0. The second kappa shape index (κ2) is 3.02. The minimum absolute atomic E-state index is 0. The van der Waals surface area contributed by atoms with Gasteiger partial charge in [0.25, 0.3) is 0 Å². The van der Waals surface area contributed by atoms with Gasteiger partial charge in [-0.15, -0.1) is 0 Å². The molecule has 0 rings (SSSR count). The van der Waals surface area contributed by atoms with Crippen LogP contribution in [0.25, 0.3) is 0 Å². The van der Waals surface area contributed by atoms with Gasteiger partial charge in [0.2, 0.25) is 0 Å². The van der Waals surface area contributed by atoms with Crippen molar-refractivity contribution in [2.45, 2.75) is 0 Å². The zero-order valence-corrected chi connectivity index (χ0v) is 7.04. The summed E-state index contributed by atoms with van der Waals surface area (Å²) in [5.41, 5.74) is 0. The monoisotopic (exact) mass is 117 g/mol. The Morgan fingerprint density at radius 3 is 1.17 bits per heavy atom. The molecule has 6 heavy (non-hydrogen) atoms. The van der Waals surface area contributed by atoms with Crippen molar-refractivity contribution in [3.8, 4) is 0 Å². The summed E-state index contributed by atoms with van der Waals surface area (Å²) < 4.78 is 19.3. The normalized spacial score (nSPS) is 9.67. The molecule has 0 N–H and O–H groups in total. The Morgan fingerprint density at radius 1 is 1.17 bits per heavy atom. The fourth-order valence-corrected chi connectivity index (χ4v) is 0. The molecule has 0 atom stereocenters. The van der Waals surface area contributed by atoms with E-state index in [1.54, 1.807) is 0 Å². The van der Waals surface area contributed by atoms with Crippen LogP contribution in [0.4, 0.5) is 0 Å². The molecule has 4 heteroatoms. The van der Waals surface area contributed by atoms with Crippen LogP contribution in [-0.4, -0.2) is 50.5 Å². The van der Waals surface area contributed by atoms with Crippen molar-refractivity contribution in [2.75, 3.05) is 12.5 Å². The SMILES string of the molecule is CS(C)(=O)=O.[Na]. The summed E-state index contributed by atoms with van der Waals surface area (Å²) in [5, 5.41) is 0. The van der Waals surface area contributed by atoms with Crippen molar-refractivity contribution < 1.29 is 8.42 Å². The van der Waals surface area contributed by atoms with Gasteiger partial charge in [-0.2, -0.15) is 0 Å². The van der Waals surface area contributed by atoms with E-state index in [4.69, 9.17) is 0 Å². The predicted molar refractivity (Wildman–Crippen MR) is 26.5 cm³/mol. The van der Waals surface area contributed by atoms with Crippen LogP contribution in [0.5, 0.6) is 0 Å². The molecule has 0 unspecified atom stereocenters. The molecule has 0 spiro atoms. The van der Waals surface area contributed by atoms with Crippen LogP contribution in [0.2, 0.25) is 0 Å². The topological polar surface area (TPSA) is 34.1 Å².